The second-order valence-corrected chi connectivity index (χ2v) is 5.25. The Morgan fingerprint density at radius 3 is 3.00 bits per heavy atom. The predicted molar refractivity (Wildman–Crippen MR) is 75.0 cm³/mol. The van der Waals surface area contributed by atoms with Crippen molar-refractivity contribution in [2.45, 2.75) is 18.9 Å². The zero-order chi connectivity index (χ0) is 12.3. The second-order valence-electron chi connectivity index (χ2n) is 4.39. The van der Waals surface area contributed by atoms with Crippen LogP contribution in [0, 0.1) is 0 Å². The fourth-order valence-corrected chi connectivity index (χ4v) is 2.70. The third kappa shape index (κ3) is 2.93. The normalized spacial score (nSPS) is 20.4. The Kier molecular flexibility index (Phi) is 4.29. The van der Waals surface area contributed by atoms with Crippen LogP contribution in [0.15, 0.2) is 22.7 Å². The van der Waals surface area contributed by atoms with Gasteiger partial charge in [0.25, 0.3) is 0 Å². The lowest BCUT2D eigenvalue weighted by Gasteiger charge is -2.34. The molecule has 1 heterocycles. The summed E-state index contributed by atoms with van der Waals surface area (Å²) in [6.07, 6.45) is 2.50. The van der Waals surface area contributed by atoms with Crippen LogP contribution in [0.25, 0.3) is 0 Å². The summed E-state index contributed by atoms with van der Waals surface area (Å²) >= 11 is 3.48. The van der Waals surface area contributed by atoms with Crippen LogP contribution in [0.4, 0.5) is 5.69 Å². The molecule has 1 aliphatic heterocycles. The zero-order valence-electron chi connectivity index (χ0n) is 10.4. The number of likely N-dealkylation sites (N-methyl/N-ethyl adjacent to an activating group) is 1. The molecular weight excluding hydrogens is 280 g/mol. The molecule has 4 heteroatoms. The van der Waals surface area contributed by atoms with Crippen molar-refractivity contribution in [1.82, 2.24) is 5.32 Å². The Hall–Kier alpha value is -0.740. The van der Waals surface area contributed by atoms with Crippen molar-refractivity contribution in [3.63, 3.8) is 0 Å². The predicted octanol–water partition coefficient (Wildman–Crippen LogP) is 2.65. The average molecular weight is 299 g/mol. The Morgan fingerprint density at radius 2 is 2.29 bits per heavy atom. The van der Waals surface area contributed by atoms with Gasteiger partial charge in [0.2, 0.25) is 0 Å². The number of halogens is 1. The summed E-state index contributed by atoms with van der Waals surface area (Å²) in [5.41, 5.74) is 1.24. The molecule has 1 saturated heterocycles. The van der Waals surface area contributed by atoms with Crippen molar-refractivity contribution in [3.05, 3.63) is 22.7 Å². The molecule has 0 radical (unpaired) electrons. The minimum Gasteiger partial charge on any atom is -0.495 e. The van der Waals surface area contributed by atoms with Gasteiger partial charge in [-0.3, -0.25) is 0 Å². The fourth-order valence-electron chi connectivity index (χ4n) is 2.29. The topological polar surface area (TPSA) is 24.5 Å². The van der Waals surface area contributed by atoms with Gasteiger partial charge in [0.15, 0.2) is 0 Å². The lowest BCUT2D eigenvalue weighted by atomic mass is 10.1. The smallest absolute Gasteiger partial charge is 0.135 e. The highest BCUT2D eigenvalue weighted by Crippen LogP contribution is 2.30. The molecule has 3 nitrogen and oxygen atoms in total. The van der Waals surface area contributed by atoms with Gasteiger partial charge in [-0.25, -0.2) is 0 Å². The monoisotopic (exact) mass is 298 g/mol. The van der Waals surface area contributed by atoms with Crippen molar-refractivity contribution >= 4 is 21.6 Å². The first kappa shape index (κ1) is 12.7. The number of anilines is 1. The van der Waals surface area contributed by atoms with Crippen molar-refractivity contribution in [2.75, 3.05) is 32.1 Å². The van der Waals surface area contributed by atoms with Crippen LogP contribution in [0.3, 0.4) is 0 Å². The van der Waals surface area contributed by atoms with Gasteiger partial charge in [-0.1, -0.05) is 0 Å². The van der Waals surface area contributed by atoms with Gasteiger partial charge in [0.05, 0.1) is 11.6 Å². The number of hydrogen-bond donors (Lipinski definition) is 1. The van der Waals surface area contributed by atoms with E-state index in [2.05, 4.69) is 44.3 Å². The summed E-state index contributed by atoms with van der Waals surface area (Å²) in [4.78, 5) is 2.42. The quantitative estimate of drug-likeness (QED) is 0.928. The summed E-state index contributed by atoms with van der Waals surface area (Å²) in [5.74, 6) is 0.897. The first-order valence-corrected chi connectivity index (χ1v) is 6.79. The van der Waals surface area contributed by atoms with E-state index in [1.807, 2.05) is 7.05 Å². The fraction of sp³-hybridized carbons (Fsp3) is 0.538. The van der Waals surface area contributed by atoms with Crippen LogP contribution in [0.1, 0.15) is 12.8 Å². The SMILES string of the molecule is CNC1CCCN(c2ccc(Br)c(OC)c2)C1. The summed E-state index contributed by atoms with van der Waals surface area (Å²) in [6, 6.07) is 6.89. The molecule has 1 unspecified atom stereocenters. The van der Waals surface area contributed by atoms with E-state index in [4.69, 9.17) is 4.74 Å². The molecule has 1 aromatic rings. The lowest BCUT2D eigenvalue weighted by molar-refractivity contribution is 0.411. The maximum atomic E-state index is 5.34. The van der Waals surface area contributed by atoms with Crippen molar-refractivity contribution in [1.29, 1.82) is 0 Å². The van der Waals surface area contributed by atoms with Crippen molar-refractivity contribution < 1.29 is 4.74 Å². The van der Waals surface area contributed by atoms with Gasteiger partial charge in [-0.2, -0.15) is 0 Å². The van der Waals surface area contributed by atoms with E-state index in [9.17, 15) is 0 Å². The molecule has 0 spiro atoms. The average Bonchev–Trinajstić information content (AvgIpc) is 2.39. The number of ether oxygens (including phenoxy) is 1. The Labute approximate surface area is 111 Å². The molecule has 0 aliphatic carbocycles. The molecule has 1 fully saturated rings. The molecule has 1 atom stereocenters. The first-order valence-electron chi connectivity index (χ1n) is 6.00. The molecule has 1 aromatic carbocycles. The van der Waals surface area contributed by atoms with Gasteiger partial charge >= 0.3 is 0 Å². The van der Waals surface area contributed by atoms with Gasteiger partial charge in [-0.15, -0.1) is 0 Å². The molecule has 94 valence electrons. The number of nitrogens with one attached hydrogen (secondary N) is 1. The van der Waals surface area contributed by atoms with Crippen molar-refractivity contribution in [2.24, 2.45) is 0 Å². The van der Waals surface area contributed by atoms with Crippen LogP contribution in [-0.4, -0.2) is 33.3 Å². The molecular formula is C13H19BrN2O. The third-order valence-electron chi connectivity index (χ3n) is 3.33. The highest BCUT2D eigenvalue weighted by molar-refractivity contribution is 9.10. The number of piperidine rings is 1. The second kappa shape index (κ2) is 5.74. The highest BCUT2D eigenvalue weighted by atomic mass is 79.9. The van der Waals surface area contributed by atoms with E-state index in [1.54, 1.807) is 7.11 Å². The number of nitrogens with zero attached hydrogens (tertiary/aromatic N) is 1. The van der Waals surface area contributed by atoms with E-state index in [0.29, 0.717) is 6.04 Å². The molecule has 2 rings (SSSR count). The van der Waals surface area contributed by atoms with E-state index in [-0.39, 0.29) is 0 Å². The van der Waals surface area contributed by atoms with Gasteiger partial charge in [0.1, 0.15) is 5.75 Å². The van der Waals surface area contributed by atoms with E-state index < -0.39 is 0 Å². The molecule has 1 aliphatic rings. The number of hydrogen-bond acceptors (Lipinski definition) is 3. The zero-order valence-corrected chi connectivity index (χ0v) is 12.0. The Balaban J connectivity index is 2.16. The summed E-state index contributed by atoms with van der Waals surface area (Å²) in [5, 5.41) is 3.36. The Morgan fingerprint density at radius 1 is 1.47 bits per heavy atom. The molecule has 0 saturated carbocycles. The summed E-state index contributed by atoms with van der Waals surface area (Å²) in [7, 11) is 3.74. The highest BCUT2D eigenvalue weighted by Gasteiger charge is 2.19. The number of rotatable bonds is 3. The maximum absolute atomic E-state index is 5.34. The molecule has 0 aromatic heterocycles. The summed E-state index contributed by atoms with van der Waals surface area (Å²) < 4.78 is 6.35. The molecule has 0 amide bonds. The van der Waals surface area contributed by atoms with Crippen LogP contribution >= 0.6 is 15.9 Å². The van der Waals surface area contributed by atoms with Gasteiger partial charge in [0, 0.05) is 30.9 Å². The largest absolute Gasteiger partial charge is 0.495 e. The van der Waals surface area contributed by atoms with Crippen LogP contribution in [-0.2, 0) is 0 Å². The van der Waals surface area contributed by atoms with Crippen LogP contribution < -0.4 is 15.0 Å². The molecule has 17 heavy (non-hydrogen) atoms. The van der Waals surface area contributed by atoms with Crippen molar-refractivity contribution in [3.8, 4) is 5.75 Å². The lowest BCUT2D eigenvalue weighted by Crippen LogP contribution is -2.44. The van der Waals surface area contributed by atoms with Crippen LogP contribution in [0.2, 0.25) is 0 Å². The van der Waals surface area contributed by atoms with Gasteiger partial charge < -0.3 is 15.0 Å². The molecule has 0 bridgehead atoms. The van der Waals surface area contributed by atoms with Gasteiger partial charge in [-0.05, 0) is 48.0 Å². The minimum atomic E-state index is 0.596. The number of methoxy groups -OCH3 is 1. The Bertz CT molecular complexity index is 384. The minimum absolute atomic E-state index is 0.596. The van der Waals surface area contributed by atoms with E-state index >= 15 is 0 Å². The first-order chi connectivity index (χ1) is 8.24. The van der Waals surface area contributed by atoms with Crippen LogP contribution in [0.5, 0.6) is 5.75 Å². The summed E-state index contributed by atoms with van der Waals surface area (Å²) in [6.45, 7) is 2.20. The maximum Gasteiger partial charge on any atom is 0.135 e. The van der Waals surface area contributed by atoms with E-state index in [0.717, 1.165) is 23.3 Å². The molecule has 1 N–H and O–H groups in total. The third-order valence-corrected chi connectivity index (χ3v) is 3.98. The number of benzene rings is 1. The standard InChI is InChI=1S/C13H19BrN2O/c1-15-10-4-3-7-16(9-10)11-5-6-12(14)13(8-11)17-2/h5-6,8,10,15H,3-4,7,9H2,1-2H3. The van der Waals surface area contributed by atoms with E-state index in [1.165, 1.54) is 18.5 Å².